The molecule has 142 valence electrons. The number of nitrogens with two attached hydrogens (primary N) is 1. The Morgan fingerprint density at radius 1 is 1.14 bits per heavy atom. The van der Waals surface area contributed by atoms with E-state index in [0.717, 1.165) is 31.6 Å². The van der Waals surface area contributed by atoms with Crippen molar-refractivity contribution in [3.05, 3.63) is 89.1 Å². The van der Waals surface area contributed by atoms with Gasteiger partial charge in [-0.05, 0) is 54.2 Å². The highest BCUT2D eigenvalue weighted by Crippen LogP contribution is 2.33. The second-order valence-electron chi connectivity index (χ2n) is 7.02. The number of primary amides is 1. The fourth-order valence-electron chi connectivity index (χ4n) is 3.61. The second kappa shape index (κ2) is 8.23. The minimum absolute atomic E-state index is 0.353. The molecule has 2 aromatic carbocycles. The standard InChI is InChI=1S/C23H23N3O2/c24-23(27)18-9-12-22(26-15-18)28-19-10-11-20-17(13-19)7-4-8-21(20)25-14-16-5-2-1-3-6-16/h1-3,5-6,9-13,15,21,25H,4,7-8,14H2,(H2,24,27). The molecule has 0 aliphatic heterocycles. The van der Waals surface area contributed by atoms with E-state index in [-0.39, 0.29) is 0 Å². The summed E-state index contributed by atoms with van der Waals surface area (Å²) >= 11 is 0. The molecular formula is C23H23N3O2. The lowest BCUT2D eigenvalue weighted by molar-refractivity contribution is 0.1000. The van der Waals surface area contributed by atoms with Crippen LogP contribution in [0, 0.1) is 0 Å². The van der Waals surface area contributed by atoms with Crippen LogP contribution in [-0.2, 0) is 13.0 Å². The number of nitrogens with one attached hydrogen (secondary N) is 1. The Morgan fingerprint density at radius 3 is 2.75 bits per heavy atom. The van der Waals surface area contributed by atoms with Gasteiger partial charge < -0.3 is 15.8 Å². The van der Waals surface area contributed by atoms with Gasteiger partial charge in [0.2, 0.25) is 11.8 Å². The lowest BCUT2D eigenvalue weighted by Crippen LogP contribution is -2.24. The summed E-state index contributed by atoms with van der Waals surface area (Å²) in [5, 5.41) is 3.68. The van der Waals surface area contributed by atoms with Gasteiger partial charge in [-0.3, -0.25) is 4.79 Å². The van der Waals surface area contributed by atoms with Crippen molar-refractivity contribution in [1.82, 2.24) is 10.3 Å². The van der Waals surface area contributed by atoms with Crippen molar-refractivity contribution in [2.75, 3.05) is 0 Å². The molecule has 28 heavy (non-hydrogen) atoms. The lowest BCUT2D eigenvalue weighted by atomic mass is 9.87. The van der Waals surface area contributed by atoms with Crippen LogP contribution in [0.2, 0.25) is 0 Å². The third kappa shape index (κ3) is 4.21. The predicted octanol–water partition coefficient (Wildman–Crippen LogP) is 4.14. The number of nitrogens with zero attached hydrogens (tertiary/aromatic N) is 1. The third-order valence-electron chi connectivity index (χ3n) is 5.07. The van der Waals surface area contributed by atoms with Crippen molar-refractivity contribution in [2.24, 2.45) is 5.73 Å². The molecule has 0 fully saturated rings. The van der Waals surface area contributed by atoms with Crippen molar-refractivity contribution in [3.63, 3.8) is 0 Å². The summed E-state index contributed by atoms with van der Waals surface area (Å²) in [4.78, 5) is 15.3. The molecule has 1 heterocycles. The average Bonchev–Trinajstić information content (AvgIpc) is 2.73. The Hall–Kier alpha value is -3.18. The SMILES string of the molecule is NC(=O)c1ccc(Oc2ccc3c(c2)CCCC3NCc2ccccc2)nc1. The summed E-state index contributed by atoms with van der Waals surface area (Å²) in [5.41, 5.74) is 9.55. The highest BCUT2D eigenvalue weighted by molar-refractivity contribution is 5.92. The van der Waals surface area contributed by atoms with Gasteiger partial charge in [0.25, 0.3) is 0 Å². The molecular weight excluding hydrogens is 350 g/mol. The fraction of sp³-hybridized carbons (Fsp3) is 0.217. The first-order valence-corrected chi connectivity index (χ1v) is 9.53. The molecule has 0 bridgehead atoms. The molecule has 1 aromatic heterocycles. The first-order chi connectivity index (χ1) is 13.7. The Balaban J connectivity index is 1.46. The molecule has 5 nitrogen and oxygen atoms in total. The van der Waals surface area contributed by atoms with Gasteiger partial charge in [-0.2, -0.15) is 0 Å². The maximum absolute atomic E-state index is 11.1. The molecule has 1 aliphatic rings. The van der Waals surface area contributed by atoms with E-state index in [4.69, 9.17) is 10.5 Å². The number of hydrogen-bond acceptors (Lipinski definition) is 4. The average molecular weight is 373 g/mol. The van der Waals surface area contributed by atoms with Gasteiger partial charge in [-0.25, -0.2) is 4.98 Å². The number of hydrogen-bond donors (Lipinski definition) is 2. The summed E-state index contributed by atoms with van der Waals surface area (Å²) in [5.74, 6) is 0.697. The minimum Gasteiger partial charge on any atom is -0.439 e. The molecule has 5 heteroatoms. The molecule has 1 unspecified atom stereocenters. The molecule has 1 aliphatic carbocycles. The van der Waals surface area contributed by atoms with Crippen molar-refractivity contribution in [3.8, 4) is 11.6 Å². The number of aryl methyl sites for hydroxylation is 1. The van der Waals surface area contributed by atoms with Gasteiger partial charge in [0, 0.05) is 24.8 Å². The van der Waals surface area contributed by atoms with Crippen LogP contribution in [0.25, 0.3) is 0 Å². The fourth-order valence-corrected chi connectivity index (χ4v) is 3.61. The number of aromatic nitrogens is 1. The van der Waals surface area contributed by atoms with Gasteiger partial charge >= 0.3 is 0 Å². The Morgan fingerprint density at radius 2 is 2.00 bits per heavy atom. The highest BCUT2D eigenvalue weighted by atomic mass is 16.5. The molecule has 3 aromatic rings. The molecule has 0 spiro atoms. The second-order valence-corrected chi connectivity index (χ2v) is 7.02. The van der Waals surface area contributed by atoms with E-state index in [1.807, 2.05) is 12.1 Å². The Labute approximate surface area is 164 Å². The van der Waals surface area contributed by atoms with E-state index in [1.54, 1.807) is 12.1 Å². The van der Waals surface area contributed by atoms with Crippen LogP contribution in [0.15, 0.2) is 66.9 Å². The highest BCUT2D eigenvalue weighted by Gasteiger charge is 2.20. The van der Waals surface area contributed by atoms with Gasteiger partial charge in [0.15, 0.2) is 0 Å². The Kier molecular flexibility index (Phi) is 5.35. The van der Waals surface area contributed by atoms with Gasteiger partial charge in [0.05, 0.1) is 5.56 Å². The zero-order chi connectivity index (χ0) is 19.3. The van der Waals surface area contributed by atoms with Crippen molar-refractivity contribution in [1.29, 1.82) is 0 Å². The number of fused-ring (bicyclic) bond motifs is 1. The zero-order valence-electron chi connectivity index (χ0n) is 15.6. The van der Waals surface area contributed by atoms with Crippen molar-refractivity contribution in [2.45, 2.75) is 31.8 Å². The number of benzene rings is 2. The number of carbonyl (C=O) groups is 1. The van der Waals surface area contributed by atoms with E-state index in [1.165, 1.54) is 22.9 Å². The zero-order valence-corrected chi connectivity index (χ0v) is 15.6. The van der Waals surface area contributed by atoms with Crippen LogP contribution in [0.1, 0.15) is 45.9 Å². The summed E-state index contributed by atoms with van der Waals surface area (Å²) in [6.45, 7) is 0.860. The quantitative estimate of drug-likeness (QED) is 0.681. The maximum Gasteiger partial charge on any atom is 0.250 e. The smallest absolute Gasteiger partial charge is 0.250 e. The molecule has 1 amide bonds. The van der Waals surface area contributed by atoms with E-state index < -0.39 is 5.91 Å². The van der Waals surface area contributed by atoms with Crippen LogP contribution in [0.3, 0.4) is 0 Å². The van der Waals surface area contributed by atoms with Crippen molar-refractivity contribution >= 4 is 5.91 Å². The summed E-state index contributed by atoms with van der Waals surface area (Å²) < 4.78 is 5.86. The van der Waals surface area contributed by atoms with Crippen LogP contribution >= 0.6 is 0 Å². The number of ether oxygens (including phenoxy) is 1. The topological polar surface area (TPSA) is 77.2 Å². The van der Waals surface area contributed by atoms with Crippen LogP contribution in [-0.4, -0.2) is 10.9 Å². The lowest BCUT2D eigenvalue weighted by Gasteiger charge is -2.27. The maximum atomic E-state index is 11.1. The molecule has 0 radical (unpaired) electrons. The van der Waals surface area contributed by atoms with Crippen LogP contribution in [0.4, 0.5) is 0 Å². The minimum atomic E-state index is -0.498. The first kappa shape index (κ1) is 18.2. The van der Waals surface area contributed by atoms with Crippen molar-refractivity contribution < 1.29 is 9.53 Å². The normalized spacial score (nSPS) is 15.6. The Bertz CT molecular complexity index is 955. The largest absolute Gasteiger partial charge is 0.439 e. The number of carbonyl (C=O) groups excluding carboxylic acids is 1. The molecule has 3 N–H and O–H groups in total. The van der Waals surface area contributed by atoms with E-state index in [9.17, 15) is 4.79 Å². The van der Waals surface area contributed by atoms with Gasteiger partial charge in [-0.15, -0.1) is 0 Å². The molecule has 0 saturated carbocycles. The van der Waals surface area contributed by atoms with E-state index >= 15 is 0 Å². The van der Waals surface area contributed by atoms with Gasteiger partial charge in [0.1, 0.15) is 5.75 Å². The third-order valence-corrected chi connectivity index (χ3v) is 5.07. The van der Waals surface area contributed by atoms with Crippen LogP contribution < -0.4 is 15.8 Å². The molecule has 1 atom stereocenters. The molecule has 0 saturated heterocycles. The summed E-state index contributed by atoms with van der Waals surface area (Å²) in [6, 6.07) is 20.3. The number of rotatable bonds is 6. The van der Waals surface area contributed by atoms with E-state index in [2.05, 4.69) is 46.7 Å². The summed E-state index contributed by atoms with van der Waals surface area (Å²) in [6.07, 6.45) is 4.76. The van der Waals surface area contributed by atoms with E-state index in [0.29, 0.717) is 17.5 Å². The first-order valence-electron chi connectivity index (χ1n) is 9.53. The predicted molar refractivity (Wildman–Crippen MR) is 108 cm³/mol. The summed E-state index contributed by atoms with van der Waals surface area (Å²) in [7, 11) is 0. The number of amides is 1. The molecule has 4 rings (SSSR count). The van der Waals surface area contributed by atoms with Gasteiger partial charge in [-0.1, -0.05) is 36.4 Å². The monoisotopic (exact) mass is 373 g/mol. The van der Waals surface area contributed by atoms with Crippen LogP contribution in [0.5, 0.6) is 11.6 Å². The number of pyridine rings is 1.